The van der Waals surface area contributed by atoms with Crippen molar-refractivity contribution >= 4 is 11.9 Å². The van der Waals surface area contributed by atoms with Crippen LogP contribution in [-0.4, -0.2) is 35.0 Å². The zero-order chi connectivity index (χ0) is 13.5. The summed E-state index contributed by atoms with van der Waals surface area (Å²) in [5.41, 5.74) is -0.891. The highest BCUT2D eigenvalue weighted by atomic mass is 16.4. The minimum Gasteiger partial charge on any atom is -0.481 e. The Hall–Kier alpha value is -1.06. The van der Waals surface area contributed by atoms with E-state index in [-0.39, 0.29) is 12.3 Å². The second-order valence-corrected chi connectivity index (χ2v) is 4.44. The van der Waals surface area contributed by atoms with E-state index < -0.39 is 11.4 Å². The summed E-state index contributed by atoms with van der Waals surface area (Å²) in [6.07, 6.45) is 2.00. The first kappa shape index (κ1) is 15.9. The minimum absolute atomic E-state index is 0.0412. The molecule has 0 saturated heterocycles. The molecule has 0 spiro atoms. The first-order valence-corrected chi connectivity index (χ1v) is 6.48. The van der Waals surface area contributed by atoms with Crippen LogP contribution in [0.25, 0.3) is 0 Å². The fourth-order valence-corrected chi connectivity index (χ4v) is 2.01. The molecule has 17 heavy (non-hydrogen) atoms. The molecule has 0 heterocycles. The molecule has 0 aromatic heterocycles. The van der Waals surface area contributed by atoms with Gasteiger partial charge in [-0.15, -0.1) is 0 Å². The quantitative estimate of drug-likeness (QED) is 0.712. The third-order valence-electron chi connectivity index (χ3n) is 3.52. The zero-order valence-corrected chi connectivity index (χ0v) is 11.5. The molecule has 0 aromatic carbocycles. The molecule has 0 atom stereocenters. The van der Waals surface area contributed by atoms with Crippen molar-refractivity contribution in [1.29, 1.82) is 0 Å². The molecule has 0 radical (unpaired) electrons. The summed E-state index contributed by atoms with van der Waals surface area (Å²) >= 11 is 0. The highest BCUT2D eigenvalue weighted by Gasteiger charge is 2.38. The first-order valence-electron chi connectivity index (χ1n) is 6.48. The summed E-state index contributed by atoms with van der Waals surface area (Å²) < 4.78 is 0. The third kappa shape index (κ3) is 4.02. The second kappa shape index (κ2) is 7.30. The number of nitrogens with zero attached hydrogens (tertiary/aromatic N) is 1. The molecule has 0 fully saturated rings. The van der Waals surface area contributed by atoms with Crippen LogP contribution in [0.2, 0.25) is 0 Å². The fourth-order valence-electron chi connectivity index (χ4n) is 2.01. The molecular weight excluding hydrogens is 218 g/mol. The molecule has 0 unspecified atom stereocenters. The van der Waals surface area contributed by atoms with Gasteiger partial charge in [0.25, 0.3) is 0 Å². The topological polar surface area (TPSA) is 57.6 Å². The van der Waals surface area contributed by atoms with Crippen molar-refractivity contribution in [2.24, 2.45) is 5.41 Å². The van der Waals surface area contributed by atoms with Crippen LogP contribution in [0, 0.1) is 5.41 Å². The second-order valence-electron chi connectivity index (χ2n) is 4.44. The Morgan fingerprint density at radius 2 is 1.65 bits per heavy atom. The number of carbonyl (C=O) groups is 2. The van der Waals surface area contributed by atoms with Crippen LogP contribution < -0.4 is 0 Å². The van der Waals surface area contributed by atoms with Crippen LogP contribution in [0.3, 0.4) is 0 Å². The van der Waals surface area contributed by atoms with E-state index in [0.717, 1.165) is 6.42 Å². The molecular formula is C13H25NO3. The van der Waals surface area contributed by atoms with E-state index in [1.807, 2.05) is 27.7 Å². The Morgan fingerprint density at radius 1 is 1.12 bits per heavy atom. The number of aliphatic carboxylic acids is 1. The van der Waals surface area contributed by atoms with Crippen molar-refractivity contribution in [2.75, 3.05) is 13.1 Å². The smallest absolute Gasteiger partial charge is 0.310 e. The summed E-state index contributed by atoms with van der Waals surface area (Å²) in [5, 5.41) is 9.29. The maximum absolute atomic E-state index is 12.1. The molecule has 0 bridgehead atoms. The number of rotatable bonds is 8. The number of amides is 1. The van der Waals surface area contributed by atoms with Crippen LogP contribution >= 0.6 is 0 Å². The van der Waals surface area contributed by atoms with Crippen molar-refractivity contribution in [3.05, 3.63) is 0 Å². The fraction of sp³-hybridized carbons (Fsp3) is 0.846. The average Bonchev–Trinajstić information content (AvgIpc) is 2.32. The van der Waals surface area contributed by atoms with Gasteiger partial charge < -0.3 is 10.0 Å². The molecule has 0 aromatic rings. The van der Waals surface area contributed by atoms with E-state index in [0.29, 0.717) is 25.9 Å². The van der Waals surface area contributed by atoms with Gasteiger partial charge in [-0.05, 0) is 26.2 Å². The Bertz CT molecular complexity index is 259. The molecule has 0 saturated carbocycles. The van der Waals surface area contributed by atoms with Crippen LogP contribution in [0.1, 0.15) is 53.4 Å². The molecule has 0 aliphatic heterocycles. The maximum Gasteiger partial charge on any atom is 0.310 e. The van der Waals surface area contributed by atoms with Crippen LogP contribution in [-0.2, 0) is 9.59 Å². The van der Waals surface area contributed by atoms with Crippen molar-refractivity contribution < 1.29 is 14.7 Å². The highest BCUT2D eigenvalue weighted by molar-refractivity contribution is 5.85. The van der Waals surface area contributed by atoms with Gasteiger partial charge in [0.15, 0.2) is 0 Å². The van der Waals surface area contributed by atoms with Gasteiger partial charge in [-0.25, -0.2) is 0 Å². The van der Waals surface area contributed by atoms with Gasteiger partial charge in [0.1, 0.15) is 0 Å². The van der Waals surface area contributed by atoms with Gasteiger partial charge in [0.2, 0.25) is 5.91 Å². The van der Waals surface area contributed by atoms with Crippen LogP contribution in [0.5, 0.6) is 0 Å². The summed E-state index contributed by atoms with van der Waals surface area (Å²) in [7, 11) is 0. The van der Waals surface area contributed by atoms with Gasteiger partial charge in [0.05, 0.1) is 5.41 Å². The summed E-state index contributed by atoms with van der Waals surface area (Å²) in [4.78, 5) is 25.1. The van der Waals surface area contributed by atoms with Gasteiger partial charge in [-0.2, -0.15) is 0 Å². The van der Waals surface area contributed by atoms with E-state index in [1.165, 1.54) is 0 Å². The lowest BCUT2D eigenvalue weighted by Gasteiger charge is -2.29. The van der Waals surface area contributed by atoms with Crippen molar-refractivity contribution in [2.45, 2.75) is 53.4 Å². The molecule has 0 aliphatic carbocycles. The van der Waals surface area contributed by atoms with Gasteiger partial charge in [0, 0.05) is 19.5 Å². The Kier molecular flexibility index (Phi) is 6.85. The lowest BCUT2D eigenvalue weighted by atomic mass is 9.79. The first-order chi connectivity index (χ1) is 7.97. The molecule has 1 N–H and O–H groups in total. The molecule has 0 rings (SSSR count). The lowest BCUT2D eigenvalue weighted by Crippen LogP contribution is -2.39. The molecule has 4 heteroatoms. The summed E-state index contributed by atoms with van der Waals surface area (Å²) in [5.74, 6) is -0.899. The Balaban J connectivity index is 4.76. The molecule has 1 amide bonds. The standard InChI is InChI=1S/C13H25NO3/c1-5-9-14(8-4)11(15)10-13(6-2,7-3)12(16)17/h5-10H2,1-4H3,(H,16,17). The molecule has 4 nitrogen and oxygen atoms in total. The predicted octanol–water partition coefficient (Wildman–Crippen LogP) is 2.53. The summed E-state index contributed by atoms with van der Waals surface area (Å²) in [6.45, 7) is 8.96. The number of carbonyl (C=O) groups excluding carboxylic acids is 1. The van der Waals surface area contributed by atoms with Crippen molar-refractivity contribution in [3.8, 4) is 0 Å². The minimum atomic E-state index is -0.891. The van der Waals surface area contributed by atoms with Crippen LogP contribution in [0.15, 0.2) is 0 Å². The lowest BCUT2D eigenvalue weighted by molar-refractivity contribution is -0.154. The molecule has 0 aliphatic rings. The predicted molar refractivity (Wildman–Crippen MR) is 67.8 cm³/mol. The highest BCUT2D eigenvalue weighted by Crippen LogP contribution is 2.31. The van der Waals surface area contributed by atoms with Gasteiger partial charge >= 0.3 is 5.97 Å². The number of hydrogen-bond donors (Lipinski definition) is 1. The maximum atomic E-state index is 12.1. The van der Waals surface area contributed by atoms with E-state index in [1.54, 1.807) is 4.90 Å². The average molecular weight is 243 g/mol. The monoisotopic (exact) mass is 243 g/mol. The van der Waals surface area contributed by atoms with Crippen molar-refractivity contribution in [1.82, 2.24) is 4.90 Å². The van der Waals surface area contributed by atoms with Crippen LogP contribution in [0.4, 0.5) is 0 Å². The zero-order valence-electron chi connectivity index (χ0n) is 11.5. The van der Waals surface area contributed by atoms with E-state index in [2.05, 4.69) is 0 Å². The third-order valence-corrected chi connectivity index (χ3v) is 3.52. The van der Waals surface area contributed by atoms with E-state index in [4.69, 9.17) is 0 Å². The van der Waals surface area contributed by atoms with Gasteiger partial charge in [-0.1, -0.05) is 20.8 Å². The van der Waals surface area contributed by atoms with Crippen molar-refractivity contribution in [3.63, 3.8) is 0 Å². The summed E-state index contributed by atoms with van der Waals surface area (Å²) in [6, 6.07) is 0. The largest absolute Gasteiger partial charge is 0.481 e. The Labute approximate surface area is 104 Å². The van der Waals surface area contributed by atoms with E-state index >= 15 is 0 Å². The Morgan fingerprint density at radius 3 is 1.94 bits per heavy atom. The number of hydrogen-bond acceptors (Lipinski definition) is 2. The molecule has 100 valence electrons. The number of carboxylic acids is 1. The van der Waals surface area contributed by atoms with E-state index in [9.17, 15) is 14.7 Å². The van der Waals surface area contributed by atoms with Gasteiger partial charge in [-0.3, -0.25) is 9.59 Å². The normalized spacial score (nSPS) is 11.3. The SMILES string of the molecule is CCCN(CC)C(=O)CC(CC)(CC)C(=O)O. The number of carboxylic acid groups (broad SMARTS) is 1.